The zero-order valence-electron chi connectivity index (χ0n) is 12.0. The minimum absolute atomic E-state index is 0.177. The summed E-state index contributed by atoms with van der Waals surface area (Å²) in [7, 11) is 0. The second kappa shape index (κ2) is 6.84. The highest BCUT2D eigenvalue weighted by atomic mass is 32.2. The first-order chi connectivity index (χ1) is 11.1. The minimum atomic E-state index is -1.25. The predicted octanol–water partition coefficient (Wildman–Crippen LogP) is 1.42. The van der Waals surface area contributed by atoms with Gasteiger partial charge in [-0.1, -0.05) is 6.07 Å². The maximum absolute atomic E-state index is 13.6. The molecule has 2 aromatic rings. The number of ether oxygens (including phenoxy) is 1. The Labute approximate surface area is 136 Å². The molecule has 3 rings (SSSR count). The molecule has 23 heavy (non-hydrogen) atoms. The second-order valence-corrected chi connectivity index (χ2v) is 6.40. The number of nitrogens with zero attached hydrogens (tertiary/aromatic N) is 1. The molecule has 1 aromatic heterocycles. The van der Waals surface area contributed by atoms with Crippen LogP contribution in [0, 0.1) is 5.82 Å². The summed E-state index contributed by atoms with van der Waals surface area (Å²) in [5, 5.41) is 29.8. The Hall–Kier alpha value is -1.67. The zero-order valence-corrected chi connectivity index (χ0v) is 12.9. The molecule has 3 N–H and O–H groups in total. The standard InChI is InChI=1S/C16H16FNO4S/c17-10-3-4-11(9-2-1-5-18-7-9)13(6-10)22-15-14(20)12(19)8-23-16(15)21/h1-7,12,14-16,19-21H,8H2/t12-,14+,15-,16-/m1/s1. The zero-order chi connectivity index (χ0) is 16.4. The van der Waals surface area contributed by atoms with Crippen LogP contribution in [0.3, 0.4) is 0 Å². The molecule has 0 spiro atoms. The van der Waals surface area contributed by atoms with Gasteiger partial charge in [0, 0.05) is 35.3 Å². The molecule has 1 aliphatic rings. The van der Waals surface area contributed by atoms with Gasteiger partial charge in [0.2, 0.25) is 0 Å². The Morgan fingerprint density at radius 2 is 2.04 bits per heavy atom. The number of thioether (sulfide) groups is 1. The van der Waals surface area contributed by atoms with E-state index in [1.165, 1.54) is 12.1 Å². The van der Waals surface area contributed by atoms with Crippen molar-refractivity contribution < 1.29 is 24.4 Å². The molecule has 4 atom stereocenters. The van der Waals surface area contributed by atoms with Crippen molar-refractivity contribution in [3.05, 3.63) is 48.5 Å². The number of hydrogen-bond donors (Lipinski definition) is 3. The highest BCUT2D eigenvalue weighted by Gasteiger charge is 2.39. The van der Waals surface area contributed by atoms with Gasteiger partial charge in [-0.15, -0.1) is 11.8 Å². The van der Waals surface area contributed by atoms with Gasteiger partial charge in [0.05, 0.1) is 6.10 Å². The van der Waals surface area contributed by atoms with Gasteiger partial charge in [0.25, 0.3) is 0 Å². The lowest BCUT2D eigenvalue weighted by atomic mass is 10.1. The number of hydrogen-bond acceptors (Lipinski definition) is 6. The Morgan fingerprint density at radius 3 is 2.78 bits per heavy atom. The SMILES string of the molecule is O[C@@H]1[C@@H](Oc2cc(F)ccc2-c2cccnc2)[C@H](O)SC[C@H]1O. The molecule has 0 unspecified atom stereocenters. The van der Waals surface area contributed by atoms with E-state index in [0.29, 0.717) is 5.56 Å². The topological polar surface area (TPSA) is 82.8 Å². The fourth-order valence-electron chi connectivity index (χ4n) is 2.41. The lowest BCUT2D eigenvalue weighted by Crippen LogP contribution is -2.51. The van der Waals surface area contributed by atoms with Crippen LogP contribution in [0.1, 0.15) is 0 Å². The largest absolute Gasteiger partial charge is 0.483 e. The maximum atomic E-state index is 13.6. The van der Waals surface area contributed by atoms with Crippen molar-refractivity contribution >= 4 is 11.8 Å². The molecule has 1 saturated heterocycles. The summed E-state index contributed by atoms with van der Waals surface area (Å²) in [5.74, 6) is -0.114. The molecule has 5 nitrogen and oxygen atoms in total. The summed E-state index contributed by atoms with van der Waals surface area (Å²) in [6.07, 6.45) is -0.0897. The average Bonchev–Trinajstić information content (AvgIpc) is 2.56. The third kappa shape index (κ3) is 3.48. The van der Waals surface area contributed by atoms with Crippen molar-refractivity contribution in [1.82, 2.24) is 4.98 Å². The Kier molecular flexibility index (Phi) is 4.82. The van der Waals surface area contributed by atoms with E-state index in [0.717, 1.165) is 17.3 Å². The van der Waals surface area contributed by atoms with Crippen LogP contribution < -0.4 is 4.74 Å². The van der Waals surface area contributed by atoms with Crippen LogP contribution in [0.2, 0.25) is 0 Å². The van der Waals surface area contributed by atoms with Crippen LogP contribution in [0.25, 0.3) is 11.1 Å². The first kappa shape index (κ1) is 16.2. The van der Waals surface area contributed by atoms with Crippen LogP contribution in [0.15, 0.2) is 42.7 Å². The van der Waals surface area contributed by atoms with Crippen molar-refractivity contribution in [2.75, 3.05) is 5.75 Å². The van der Waals surface area contributed by atoms with Crippen molar-refractivity contribution in [1.29, 1.82) is 0 Å². The smallest absolute Gasteiger partial charge is 0.162 e. The van der Waals surface area contributed by atoms with E-state index in [-0.39, 0.29) is 11.5 Å². The number of aliphatic hydroxyl groups excluding tert-OH is 3. The summed E-state index contributed by atoms with van der Waals surface area (Å²) < 4.78 is 19.3. The minimum Gasteiger partial charge on any atom is -0.483 e. The van der Waals surface area contributed by atoms with Crippen molar-refractivity contribution in [3.63, 3.8) is 0 Å². The summed E-state index contributed by atoms with van der Waals surface area (Å²) in [6.45, 7) is 0. The van der Waals surface area contributed by atoms with Crippen LogP contribution in [0.5, 0.6) is 5.75 Å². The number of aliphatic hydroxyl groups is 3. The maximum Gasteiger partial charge on any atom is 0.162 e. The fraction of sp³-hybridized carbons (Fsp3) is 0.312. The van der Waals surface area contributed by atoms with Gasteiger partial charge in [-0.3, -0.25) is 4.98 Å². The summed E-state index contributed by atoms with van der Waals surface area (Å²) in [6, 6.07) is 7.57. The first-order valence-corrected chi connectivity index (χ1v) is 8.13. The molecule has 0 bridgehead atoms. The number of rotatable bonds is 3. The third-order valence-corrected chi connectivity index (χ3v) is 4.77. The lowest BCUT2D eigenvalue weighted by Gasteiger charge is -2.35. The van der Waals surface area contributed by atoms with E-state index in [2.05, 4.69) is 4.98 Å². The highest BCUT2D eigenvalue weighted by Crippen LogP contribution is 2.34. The van der Waals surface area contributed by atoms with Gasteiger partial charge in [0.1, 0.15) is 23.1 Å². The Balaban J connectivity index is 1.94. The molecule has 0 radical (unpaired) electrons. The first-order valence-electron chi connectivity index (χ1n) is 7.08. The summed E-state index contributed by atoms with van der Waals surface area (Å²) in [5.41, 5.74) is 0.290. The molecule has 1 fully saturated rings. The molecule has 1 aromatic carbocycles. The quantitative estimate of drug-likeness (QED) is 0.786. The van der Waals surface area contributed by atoms with Gasteiger partial charge < -0.3 is 20.1 Å². The van der Waals surface area contributed by atoms with Crippen LogP contribution in [0.4, 0.5) is 4.39 Å². The van der Waals surface area contributed by atoms with E-state index in [4.69, 9.17) is 4.74 Å². The van der Waals surface area contributed by atoms with E-state index < -0.39 is 29.6 Å². The van der Waals surface area contributed by atoms with Crippen molar-refractivity contribution in [2.45, 2.75) is 23.7 Å². The molecule has 1 aliphatic heterocycles. The molecule has 0 aliphatic carbocycles. The molecule has 2 heterocycles. The van der Waals surface area contributed by atoms with E-state index in [9.17, 15) is 19.7 Å². The number of halogens is 1. The molecule has 0 amide bonds. The Bertz CT molecular complexity index is 672. The van der Waals surface area contributed by atoms with Gasteiger partial charge in [0.15, 0.2) is 6.10 Å². The van der Waals surface area contributed by atoms with E-state index in [1.54, 1.807) is 30.6 Å². The monoisotopic (exact) mass is 337 g/mol. The van der Waals surface area contributed by atoms with E-state index in [1.807, 2.05) is 0 Å². The normalized spacial score (nSPS) is 27.7. The van der Waals surface area contributed by atoms with Gasteiger partial charge in [-0.2, -0.15) is 0 Å². The van der Waals surface area contributed by atoms with Gasteiger partial charge in [-0.25, -0.2) is 4.39 Å². The summed E-state index contributed by atoms with van der Waals surface area (Å²) >= 11 is 1.08. The molecular weight excluding hydrogens is 321 g/mol. The van der Waals surface area contributed by atoms with Crippen molar-refractivity contribution in [3.8, 4) is 16.9 Å². The van der Waals surface area contributed by atoms with E-state index >= 15 is 0 Å². The van der Waals surface area contributed by atoms with Crippen LogP contribution in [-0.2, 0) is 0 Å². The lowest BCUT2D eigenvalue weighted by molar-refractivity contribution is -0.0720. The summed E-state index contributed by atoms with van der Waals surface area (Å²) in [4.78, 5) is 4.02. The molecule has 122 valence electrons. The van der Waals surface area contributed by atoms with Crippen LogP contribution in [-0.4, -0.2) is 49.8 Å². The third-order valence-electron chi connectivity index (χ3n) is 3.63. The molecule has 0 saturated carbocycles. The van der Waals surface area contributed by atoms with Crippen LogP contribution >= 0.6 is 11.8 Å². The van der Waals surface area contributed by atoms with Gasteiger partial charge in [-0.05, 0) is 18.2 Å². The highest BCUT2D eigenvalue weighted by molar-refractivity contribution is 7.99. The predicted molar refractivity (Wildman–Crippen MR) is 84.5 cm³/mol. The average molecular weight is 337 g/mol. The fourth-order valence-corrected chi connectivity index (χ4v) is 3.40. The number of pyridine rings is 1. The Morgan fingerprint density at radius 1 is 1.22 bits per heavy atom. The molecule has 7 heteroatoms. The number of benzene rings is 1. The number of aromatic nitrogens is 1. The second-order valence-electron chi connectivity index (χ2n) is 5.25. The van der Waals surface area contributed by atoms with Gasteiger partial charge >= 0.3 is 0 Å². The van der Waals surface area contributed by atoms with Crippen molar-refractivity contribution in [2.24, 2.45) is 0 Å². The molecular formula is C16H16FNO4S.